The third-order valence-electron chi connectivity index (χ3n) is 4.36. The molecule has 0 N–H and O–H groups in total. The van der Waals surface area contributed by atoms with Crippen molar-refractivity contribution in [1.29, 1.82) is 0 Å². The van der Waals surface area contributed by atoms with Gasteiger partial charge in [0.25, 0.3) is 0 Å². The molecule has 0 spiro atoms. The molecule has 0 amide bonds. The van der Waals surface area contributed by atoms with Crippen LogP contribution in [0.2, 0.25) is 0 Å². The topological polar surface area (TPSA) is 20.3 Å². The molecule has 3 heteroatoms. The summed E-state index contributed by atoms with van der Waals surface area (Å²) in [6.07, 6.45) is 5.33. The highest BCUT2D eigenvalue weighted by Crippen LogP contribution is 2.31. The number of Topliss-reactive ketones (excluding diaryl/α,β-unsaturated/α-hetero) is 1. The molecular weight excluding hydrogens is 242 g/mol. The third-order valence-corrected chi connectivity index (χ3v) is 5.08. The maximum Gasteiger partial charge on any atom is 0.137 e. The zero-order valence-corrected chi connectivity index (χ0v) is 13.4. The second-order valence-electron chi connectivity index (χ2n) is 6.05. The summed E-state index contributed by atoms with van der Waals surface area (Å²) in [4.78, 5) is 14.6. The van der Waals surface area contributed by atoms with Crippen LogP contribution in [0.25, 0.3) is 0 Å². The third kappa shape index (κ3) is 4.27. The van der Waals surface area contributed by atoms with Crippen molar-refractivity contribution in [3.05, 3.63) is 0 Å². The van der Waals surface area contributed by atoms with Gasteiger partial charge in [-0.2, -0.15) is 11.8 Å². The molecule has 1 rings (SSSR count). The molecule has 0 radical (unpaired) electrons. The molecule has 0 aromatic rings. The van der Waals surface area contributed by atoms with Crippen LogP contribution in [0.5, 0.6) is 0 Å². The number of carbonyl (C=O) groups excluding carboxylic acids is 1. The van der Waals surface area contributed by atoms with Crippen LogP contribution >= 0.6 is 11.8 Å². The monoisotopic (exact) mass is 271 g/mol. The summed E-state index contributed by atoms with van der Waals surface area (Å²) in [7, 11) is 2.18. The van der Waals surface area contributed by atoms with E-state index in [1.54, 1.807) is 0 Å². The molecule has 4 atom stereocenters. The Labute approximate surface area is 117 Å². The van der Waals surface area contributed by atoms with E-state index < -0.39 is 0 Å². The van der Waals surface area contributed by atoms with Gasteiger partial charge in [-0.1, -0.05) is 20.8 Å². The number of rotatable bonds is 6. The van der Waals surface area contributed by atoms with Crippen molar-refractivity contribution in [2.45, 2.75) is 46.1 Å². The van der Waals surface area contributed by atoms with Crippen molar-refractivity contribution in [1.82, 2.24) is 4.90 Å². The fourth-order valence-electron chi connectivity index (χ4n) is 3.18. The van der Waals surface area contributed by atoms with Gasteiger partial charge in [0.05, 0.1) is 0 Å². The van der Waals surface area contributed by atoms with Gasteiger partial charge in [0, 0.05) is 30.7 Å². The molecule has 0 aliphatic heterocycles. The van der Waals surface area contributed by atoms with Crippen LogP contribution in [-0.2, 0) is 4.79 Å². The fourth-order valence-corrected chi connectivity index (χ4v) is 4.06. The second-order valence-corrected chi connectivity index (χ2v) is 6.96. The van der Waals surface area contributed by atoms with Gasteiger partial charge in [-0.25, -0.2) is 0 Å². The van der Waals surface area contributed by atoms with Crippen molar-refractivity contribution in [3.8, 4) is 0 Å². The SMILES string of the molecule is CCC(CSC)N(C)CC1C(=O)CC(C)CC1C. The standard InChI is InChI=1S/C15H29NOS/c1-6-13(10-18-5)16(4)9-14-12(3)7-11(2)8-15(14)17/h11-14H,6-10H2,1-5H3. The summed E-state index contributed by atoms with van der Waals surface area (Å²) < 4.78 is 0. The summed E-state index contributed by atoms with van der Waals surface area (Å²) >= 11 is 1.90. The zero-order chi connectivity index (χ0) is 13.7. The van der Waals surface area contributed by atoms with E-state index in [4.69, 9.17) is 0 Å². The van der Waals surface area contributed by atoms with Crippen molar-refractivity contribution in [2.24, 2.45) is 17.8 Å². The van der Waals surface area contributed by atoms with Gasteiger partial charge in [0.15, 0.2) is 0 Å². The minimum absolute atomic E-state index is 0.266. The van der Waals surface area contributed by atoms with Crippen LogP contribution in [-0.4, -0.2) is 42.3 Å². The molecule has 1 aliphatic carbocycles. The summed E-state index contributed by atoms with van der Waals surface area (Å²) in [5.74, 6) is 3.06. The average molecular weight is 271 g/mol. The number of nitrogens with zero attached hydrogens (tertiary/aromatic N) is 1. The molecule has 106 valence electrons. The Hall–Kier alpha value is -0.0200. The van der Waals surface area contributed by atoms with Gasteiger partial charge in [0.1, 0.15) is 5.78 Å². The Morgan fingerprint density at radius 3 is 2.61 bits per heavy atom. The van der Waals surface area contributed by atoms with Gasteiger partial charge in [-0.15, -0.1) is 0 Å². The van der Waals surface area contributed by atoms with Crippen LogP contribution < -0.4 is 0 Å². The smallest absolute Gasteiger partial charge is 0.137 e. The first-order valence-electron chi connectivity index (χ1n) is 7.21. The summed E-state index contributed by atoms with van der Waals surface area (Å²) in [6, 6.07) is 0.611. The zero-order valence-electron chi connectivity index (χ0n) is 12.6. The Balaban J connectivity index is 2.56. The molecule has 4 unspecified atom stereocenters. The first-order chi connectivity index (χ1) is 8.49. The lowest BCUT2D eigenvalue weighted by atomic mass is 9.74. The maximum atomic E-state index is 12.2. The number of hydrogen-bond acceptors (Lipinski definition) is 3. The molecule has 1 aliphatic rings. The van der Waals surface area contributed by atoms with Gasteiger partial charge in [-0.05, 0) is 38.0 Å². The number of thioether (sulfide) groups is 1. The van der Waals surface area contributed by atoms with Crippen LogP contribution in [0.1, 0.15) is 40.0 Å². The second kappa shape index (κ2) is 7.54. The molecule has 18 heavy (non-hydrogen) atoms. The fraction of sp³-hybridized carbons (Fsp3) is 0.933. The predicted octanol–water partition coefficient (Wildman–Crippen LogP) is 3.31. The number of ketones is 1. The minimum Gasteiger partial charge on any atom is -0.302 e. The van der Waals surface area contributed by atoms with Crippen LogP contribution in [0, 0.1) is 17.8 Å². The summed E-state index contributed by atoms with van der Waals surface area (Å²) in [5.41, 5.74) is 0. The Morgan fingerprint density at radius 1 is 1.44 bits per heavy atom. The summed E-state index contributed by atoms with van der Waals surface area (Å²) in [6.45, 7) is 7.65. The molecular formula is C15H29NOS. The predicted molar refractivity (Wildman–Crippen MR) is 81.2 cm³/mol. The van der Waals surface area contributed by atoms with Gasteiger partial charge in [0.2, 0.25) is 0 Å². The lowest BCUT2D eigenvalue weighted by Crippen LogP contribution is -2.43. The van der Waals surface area contributed by atoms with Crippen molar-refractivity contribution >= 4 is 17.5 Å². The normalized spacial score (nSPS) is 30.8. The minimum atomic E-state index is 0.266. The van der Waals surface area contributed by atoms with Crippen LogP contribution in [0.4, 0.5) is 0 Å². The molecule has 0 aromatic heterocycles. The lowest BCUT2D eigenvalue weighted by molar-refractivity contribution is -0.128. The van der Waals surface area contributed by atoms with Gasteiger partial charge < -0.3 is 4.90 Å². The van der Waals surface area contributed by atoms with Crippen molar-refractivity contribution in [2.75, 3.05) is 25.6 Å². The van der Waals surface area contributed by atoms with E-state index >= 15 is 0 Å². The van der Waals surface area contributed by atoms with Crippen LogP contribution in [0.3, 0.4) is 0 Å². The van der Waals surface area contributed by atoms with Gasteiger partial charge in [-0.3, -0.25) is 4.79 Å². The van der Waals surface area contributed by atoms with E-state index in [0.29, 0.717) is 23.7 Å². The average Bonchev–Trinajstić information content (AvgIpc) is 2.30. The first-order valence-corrected chi connectivity index (χ1v) is 8.60. The Morgan fingerprint density at radius 2 is 2.11 bits per heavy atom. The van der Waals surface area contributed by atoms with E-state index in [-0.39, 0.29) is 5.92 Å². The first kappa shape index (κ1) is 16.0. The molecule has 1 fully saturated rings. The van der Waals surface area contributed by atoms with E-state index in [0.717, 1.165) is 13.0 Å². The van der Waals surface area contributed by atoms with Crippen LogP contribution in [0.15, 0.2) is 0 Å². The highest BCUT2D eigenvalue weighted by atomic mass is 32.2. The van der Waals surface area contributed by atoms with E-state index in [9.17, 15) is 4.79 Å². The lowest BCUT2D eigenvalue weighted by Gasteiger charge is -2.36. The highest BCUT2D eigenvalue weighted by molar-refractivity contribution is 7.98. The summed E-state index contributed by atoms with van der Waals surface area (Å²) in [5, 5.41) is 0. The molecule has 2 nitrogen and oxygen atoms in total. The molecule has 0 heterocycles. The molecule has 1 saturated carbocycles. The highest BCUT2D eigenvalue weighted by Gasteiger charge is 2.33. The largest absolute Gasteiger partial charge is 0.302 e. The molecule has 0 bridgehead atoms. The van der Waals surface area contributed by atoms with Crippen molar-refractivity contribution in [3.63, 3.8) is 0 Å². The van der Waals surface area contributed by atoms with E-state index in [1.165, 1.54) is 18.6 Å². The van der Waals surface area contributed by atoms with E-state index in [1.807, 2.05) is 11.8 Å². The number of carbonyl (C=O) groups is 1. The van der Waals surface area contributed by atoms with Gasteiger partial charge >= 0.3 is 0 Å². The quantitative estimate of drug-likeness (QED) is 0.739. The Bertz CT molecular complexity index is 269. The molecule has 0 aromatic carbocycles. The molecule has 0 saturated heterocycles. The maximum absolute atomic E-state index is 12.2. The number of hydrogen-bond donors (Lipinski definition) is 0. The van der Waals surface area contributed by atoms with E-state index in [2.05, 4.69) is 39.0 Å². The van der Waals surface area contributed by atoms with Crippen molar-refractivity contribution < 1.29 is 4.79 Å². The Kier molecular flexibility index (Phi) is 6.72.